The van der Waals surface area contributed by atoms with Crippen molar-refractivity contribution in [3.63, 3.8) is 0 Å². The van der Waals surface area contributed by atoms with Gasteiger partial charge in [-0.05, 0) is 24.7 Å². The lowest BCUT2D eigenvalue weighted by molar-refractivity contribution is 0.348. The van der Waals surface area contributed by atoms with Crippen LogP contribution in [0.1, 0.15) is 52.3 Å². The summed E-state index contributed by atoms with van der Waals surface area (Å²) in [6.45, 7) is 6.60. The average molecular weight is 292 g/mol. The number of anilines is 2. The number of nitrogens with zero attached hydrogens (tertiary/aromatic N) is 2. The first-order valence-corrected chi connectivity index (χ1v) is 7.98. The van der Waals surface area contributed by atoms with Gasteiger partial charge in [-0.2, -0.15) is 4.98 Å². The van der Waals surface area contributed by atoms with Gasteiger partial charge in [-0.1, -0.05) is 33.6 Å². The average Bonchev–Trinajstić information content (AvgIpc) is 2.44. The number of nitrogen functional groups attached to an aromatic ring is 1. The molecule has 118 valence electrons. The Morgan fingerprint density at radius 3 is 2.62 bits per heavy atom. The molecule has 0 aliphatic heterocycles. The predicted octanol–water partition coefficient (Wildman–Crippen LogP) is 3.26. The van der Waals surface area contributed by atoms with Crippen LogP contribution in [-0.2, 0) is 6.42 Å². The highest BCUT2D eigenvalue weighted by Gasteiger charge is 2.23. The second kappa shape index (κ2) is 6.96. The van der Waals surface area contributed by atoms with Gasteiger partial charge >= 0.3 is 0 Å². The van der Waals surface area contributed by atoms with Crippen LogP contribution < -0.4 is 15.8 Å². The van der Waals surface area contributed by atoms with Gasteiger partial charge < -0.3 is 15.8 Å². The van der Waals surface area contributed by atoms with Crippen LogP contribution in [0.4, 0.5) is 11.5 Å². The summed E-state index contributed by atoms with van der Waals surface area (Å²) in [5, 5.41) is 3.53. The molecule has 2 unspecified atom stereocenters. The maximum absolute atomic E-state index is 6.14. The SMILES string of the molecule is COc1nc(CC(C)C)nc(NC2CCCCC2C)c1N. The third-order valence-corrected chi connectivity index (χ3v) is 4.17. The van der Waals surface area contributed by atoms with E-state index in [9.17, 15) is 0 Å². The molecule has 1 heterocycles. The van der Waals surface area contributed by atoms with Crippen molar-refractivity contribution in [1.82, 2.24) is 9.97 Å². The highest BCUT2D eigenvalue weighted by atomic mass is 16.5. The molecule has 2 atom stereocenters. The van der Waals surface area contributed by atoms with E-state index in [4.69, 9.17) is 10.5 Å². The van der Waals surface area contributed by atoms with E-state index in [-0.39, 0.29) is 0 Å². The first-order valence-electron chi connectivity index (χ1n) is 7.98. The highest BCUT2D eigenvalue weighted by molar-refractivity contribution is 5.67. The lowest BCUT2D eigenvalue weighted by Crippen LogP contribution is -2.31. The molecule has 1 fully saturated rings. The Labute approximate surface area is 127 Å². The number of methoxy groups -OCH3 is 1. The molecule has 0 spiro atoms. The van der Waals surface area contributed by atoms with Gasteiger partial charge in [0.05, 0.1) is 7.11 Å². The summed E-state index contributed by atoms with van der Waals surface area (Å²) < 4.78 is 5.31. The van der Waals surface area contributed by atoms with Crippen molar-refractivity contribution in [1.29, 1.82) is 0 Å². The van der Waals surface area contributed by atoms with Gasteiger partial charge in [0.25, 0.3) is 0 Å². The molecule has 0 aromatic carbocycles. The van der Waals surface area contributed by atoms with Crippen LogP contribution in [0.25, 0.3) is 0 Å². The van der Waals surface area contributed by atoms with Gasteiger partial charge in [-0.15, -0.1) is 0 Å². The highest BCUT2D eigenvalue weighted by Crippen LogP contribution is 2.31. The Morgan fingerprint density at radius 2 is 2.00 bits per heavy atom. The molecule has 1 aromatic rings. The Bertz CT molecular complexity index is 476. The summed E-state index contributed by atoms with van der Waals surface area (Å²) in [6, 6.07) is 0.438. The Kier molecular flexibility index (Phi) is 5.26. The van der Waals surface area contributed by atoms with E-state index >= 15 is 0 Å². The number of nitrogens with two attached hydrogens (primary N) is 1. The zero-order valence-corrected chi connectivity index (χ0v) is 13.6. The van der Waals surface area contributed by atoms with Crippen molar-refractivity contribution in [3.8, 4) is 5.88 Å². The van der Waals surface area contributed by atoms with Gasteiger partial charge in [0, 0.05) is 12.5 Å². The number of ether oxygens (including phenoxy) is 1. The van der Waals surface area contributed by atoms with E-state index in [1.54, 1.807) is 7.11 Å². The van der Waals surface area contributed by atoms with Crippen molar-refractivity contribution < 1.29 is 4.74 Å². The Morgan fingerprint density at radius 1 is 1.29 bits per heavy atom. The van der Waals surface area contributed by atoms with Crippen molar-refractivity contribution in [2.45, 2.75) is 58.9 Å². The number of hydrogen-bond donors (Lipinski definition) is 2. The monoisotopic (exact) mass is 292 g/mol. The molecule has 3 N–H and O–H groups in total. The van der Waals surface area contributed by atoms with E-state index in [1.807, 2.05) is 0 Å². The zero-order chi connectivity index (χ0) is 15.4. The molecule has 0 amide bonds. The van der Waals surface area contributed by atoms with Crippen LogP contribution in [0, 0.1) is 11.8 Å². The second-order valence-corrected chi connectivity index (χ2v) is 6.52. The van der Waals surface area contributed by atoms with Crippen LogP contribution in [-0.4, -0.2) is 23.1 Å². The van der Waals surface area contributed by atoms with Crippen LogP contribution in [0.2, 0.25) is 0 Å². The van der Waals surface area contributed by atoms with Crippen LogP contribution in [0.5, 0.6) is 5.88 Å². The minimum absolute atomic E-state index is 0.438. The second-order valence-electron chi connectivity index (χ2n) is 6.52. The van der Waals surface area contributed by atoms with Crippen LogP contribution >= 0.6 is 0 Å². The van der Waals surface area contributed by atoms with E-state index in [0.717, 1.165) is 18.1 Å². The third-order valence-electron chi connectivity index (χ3n) is 4.17. The van der Waals surface area contributed by atoms with Crippen molar-refractivity contribution in [2.75, 3.05) is 18.2 Å². The molecule has 21 heavy (non-hydrogen) atoms. The van der Waals surface area contributed by atoms with Gasteiger partial charge in [-0.25, -0.2) is 4.98 Å². The van der Waals surface area contributed by atoms with Crippen molar-refractivity contribution >= 4 is 11.5 Å². The van der Waals surface area contributed by atoms with E-state index in [2.05, 4.69) is 36.1 Å². The standard InChI is InChI=1S/C16H28N4O/c1-10(2)9-13-19-15(14(17)16(20-13)21-4)18-12-8-6-5-7-11(12)3/h10-12H,5-9,17H2,1-4H3,(H,18,19,20). The molecular formula is C16H28N4O. The van der Waals surface area contributed by atoms with E-state index in [1.165, 1.54) is 25.7 Å². The van der Waals surface area contributed by atoms with Gasteiger partial charge in [-0.3, -0.25) is 0 Å². The fourth-order valence-electron chi connectivity index (χ4n) is 2.92. The maximum atomic E-state index is 6.14. The van der Waals surface area contributed by atoms with Gasteiger partial charge in [0.15, 0.2) is 5.82 Å². The third kappa shape index (κ3) is 3.99. The van der Waals surface area contributed by atoms with Crippen molar-refractivity contribution in [2.24, 2.45) is 11.8 Å². The molecule has 0 bridgehead atoms. The first kappa shape index (κ1) is 15.9. The first-order chi connectivity index (χ1) is 10.0. The van der Waals surface area contributed by atoms with Gasteiger partial charge in [0.2, 0.25) is 5.88 Å². The fraction of sp³-hybridized carbons (Fsp3) is 0.750. The van der Waals surface area contributed by atoms with Crippen molar-refractivity contribution in [3.05, 3.63) is 5.82 Å². The molecule has 0 saturated heterocycles. The molecular weight excluding hydrogens is 264 g/mol. The predicted molar refractivity (Wildman–Crippen MR) is 86.6 cm³/mol. The lowest BCUT2D eigenvalue weighted by Gasteiger charge is -2.30. The van der Waals surface area contributed by atoms with E-state index < -0.39 is 0 Å². The molecule has 1 aliphatic carbocycles. The largest absolute Gasteiger partial charge is 0.479 e. The summed E-state index contributed by atoms with van der Waals surface area (Å²) in [4.78, 5) is 9.03. The molecule has 1 aliphatic rings. The minimum Gasteiger partial charge on any atom is -0.479 e. The van der Waals surface area contributed by atoms with Crippen LogP contribution in [0.3, 0.4) is 0 Å². The normalized spacial score (nSPS) is 22.3. The number of hydrogen-bond acceptors (Lipinski definition) is 5. The molecule has 1 saturated carbocycles. The summed E-state index contributed by atoms with van der Waals surface area (Å²) in [7, 11) is 1.60. The molecule has 1 aromatic heterocycles. The Balaban J connectivity index is 2.23. The number of aromatic nitrogens is 2. The topological polar surface area (TPSA) is 73.1 Å². The smallest absolute Gasteiger partial charge is 0.242 e. The molecule has 5 heteroatoms. The quantitative estimate of drug-likeness (QED) is 0.871. The summed E-state index contributed by atoms with van der Waals surface area (Å²) >= 11 is 0. The maximum Gasteiger partial charge on any atom is 0.242 e. The zero-order valence-electron chi connectivity index (χ0n) is 13.6. The van der Waals surface area contributed by atoms with Gasteiger partial charge in [0.1, 0.15) is 11.5 Å². The lowest BCUT2D eigenvalue weighted by atomic mass is 9.86. The van der Waals surface area contributed by atoms with Crippen LogP contribution in [0.15, 0.2) is 0 Å². The molecule has 2 rings (SSSR count). The minimum atomic E-state index is 0.438. The number of nitrogens with one attached hydrogen (secondary N) is 1. The molecule has 5 nitrogen and oxygen atoms in total. The fourth-order valence-corrected chi connectivity index (χ4v) is 2.92. The Hall–Kier alpha value is -1.52. The number of rotatable bonds is 5. The van der Waals surface area contributed by atoms with E-state index in [0.29, 0.717) is 29.4 Å². The summed E-state index contributed by atoms with van der Waals surface area (Å²) in [5.41, 5.74) is 6.66. The molecule has 0 radical (unpaired) electrons. The summed E-state index contributed by atoms with van der Waals surface area (Å²) in [5.74, 6) is 3.15. The summed E-state index contributed by atoms with van der Waals surface area (Å²) in [6.07, 6.45) is 5.85.